The van der Waals surface area contributed by atoms with Crippen molar-refractivity contribution in [3.05, 3.63) is 65.7 Å². The van der Waals surface area contributed by atoms with Crippen LogP contribution in [0.3, 0.4) is 0 Å². The molecule has 0 bridgehead atoms. The van der Waals surface area contributed by atoms with Gasteiger partial charge in [0.15, 0.2) is 0 Å². The van der Waals surface area contributed by atoms with Crippen molar-refractivity contribution in [3.8, 4) is 5.75 Å². The van der Waals surface area contributed by atoms with Gasteiger partial charge in [-0.2, -0.15) is 0 Å². The Balaban J connectivity index is 1.30. The lowest BCUT2D eigenvalue weighted by Gasteiger charge is -2.41. The summed E-state index contributed by atoms with van der Waals surface area (Å²) >= 11 is 0. The Hall–Kier alpha value is -2.66. The number of hydrogen-bond donors (Lipinski definition) is 0. The van der Waals surface area contributed by atoms with E-state index in [0.29, 0.717) is 12.5 Å². The van der Waals surface area contributed by atoms with Gasteiger partial charge in [-0.15, -0.1) is 0 Å². The molecule has 4 rings (SSSR count). The minimum absolute atomic E-state index is 0.0209. The third-order valence-electron chi connectivity index (χ3n) is 7.06. The number of nitrogens with zero attached hydrogens (tertiary/aromatic N) is 1. The van der Waals surface area contributed by atoms with Crippen LogP contribution in [0.4, 0.5) is 0 Å². The highest BCUT2D eigenvalue weighted by Gasteiger charge is 2.39. The largest absolute Gasteiger partial charge is 0.497 e. The van der Waals surface area contributed by atoms with Crippen molar-refractivity contribution < 1.29 is 19.1 Å². The van der Waals surface area contributed by atoms with Crippen LogP contribution in [0, 0.1) is 11.8 Å². The van der Waals surface area contributed by atoms with Crippen molar-refractivity contribution in [3.63, 3.8) is 0 Å². The molecule has 0 spiro atoms. The van der Waals surface area contributed by atoms with E-state index in [1.54, 1.807) is 7.11 Å². The normalized spacial score (nSPS) is 25.9. The smallest absolute Gasteiger partial charge is 0.306 e. The lowest BCUT2D eigenvalue weighted by Crippen LogP contribution is -2.44. The van der Waals surface area contributed by atoms with Crippen LogP contribution < -0.4 is 4.74 Å². The lowest BCUT2D eigenvalue weighted by atomic mass is 9.76. The van der Waals surface area contributed by atoms with E-state index in [2.05, 4.69) is 35.2 Å². The van der Waals surface area contributed by atoms with Crippen molar-refractivity contribution in [1.29, 1.82) is 0 Å². The fourth-order valence-electron chi connectivity index (χ4n) is 5.42. The third kappa shape index (κ3) is 5.39. The van der Waals surface area contributed by atoms with Crippen molar-refractivity contribution >= 4 is 12.3 Å². The fourth-order valence-corrected chi connectivity index (χ4v) is 5.42. The zero-order valence-electron chi connectivity index (χ0n) is 18.8. The zero-order chi connectivity index (χ0) is 22.3. The summed E-state index contributed by atoms with van der Waals surface area (Å²) in [6.07, 6.45) is 6.52. The zero-order valence-corrected chi connectivity index (χ0v) is 18.8. The first-order valence-electron chi connectivity index (χ1n) is 11.7. The predicted octanol–water partition coefficient (Wildman–Crippen LogP) is 4.95. The standard InChI is InChI=1S/C27H33NO4/c1-31-24-12-9-20(10-13-24)19-32-27(30)17-21-11-14-26(23(16-21)18-29)28-15-5-8-25(28)22-6-3-2-4-7-22/h2-4,6-7,9-10,12-13,18,21,23,25-26H,5,8,11,14-17,19H2,1H3/t21?,23-,25?,26-/m0/s1. The van der Waals surface area contributed by atoms with Gasteiger partial charge in [-0.05, 0) is 67.8 Å². The van der Waals surface area contributed by atoms with Gasteiger partial charge in [0.05, 0.1) is 7.11 Å². The summed E-state index contributed by atoms with van der Waals surface area (Å²) in [6, 6.07) is 18.8. The first-order chi connectivity index (χ1) is 15.7. The summed E-state index contributed by atoms with van der Waals surface area (Å²) in [6.45, 7) is 1.31. The van der Waals surface area contributed by atoms with E-state index in [0.717, 1.165) is 49.8 Å². The number of aldehydes is 1. The van der Waals surface area contributed by atoms with Crippen molar-refractivity contribution in [2.45, 2.75) is 57.2 Å². The summed E-state index contributed by atoms with van der Waals surface area (Å²) in [7, 11) is 1.63. The molecule has 0 N–H and O–H groups in total. The SMILES string of the molecule is COc1ccc(COC(=O)CC2CC[C@H](N3CCCC3c3ccccc3)[C@H](C=O)C2)cc1. The molecule has 32 heavy (non-hydrogen) atoms. The van der Waals surface area contributed by atoms with Crippen LogP contribution in [0.2, 0.25) is 0 Å². The van der Waals surface area contributed by atoms with E-state index >= 15 is 0 Å². The van der Waals surface area contributed by atoms with E-state index in [1.165, 1.54) is 12.0 Å². The summed E-state index contributed by atoms with van der Waals surface area (Å²) < 4.78 is 10.6. The maximum Gasteiger partial charge on any atom is 0.306 e. The van der Waals surface area contributed by atoms with Crippen LogP contribution in [0.5, 0.6) is 5.75 Å². The van der Waals surface area contributed by atoms with Gasteiger partial charge in [0, 0.05) is 24.4 Å². The number of benzene rings is 2. The molecular formula is C27H33NO4. The highest BCUT2D eigenvalue weighted by Crippen LogP contribution is 2.41. The van der Waals surface area contributed by atoms with Crippen LogP contribution in [0.1, 0.15) is 55.7 Å². The molecule has 2 fully saturated rings. The molecule has 2 aliphatic rings. The van der Waals surface area contributed by atoms with Crippen LogP contribution in [0.15, 0.2) is 54.6 Å². The van der Waals surface area contributed by atoms with E-state index in [1.807, 2.05) is 24.3 Å². The first kappa shape index (κ1) is 22.5. The van der Waals surface area contributed by atoms with Crippen LogP contribution >= 0.6 is 0 Å². The number of ether oxygens (including phenoxy) is 2. The Labute approximate surface area is 190 Å². The van der Waals surface area contributed by atoms with Crippen LogP contribution in [-0.4, -0.2) is 36.9 Å². The Bertz CT molecular complexity index is 882. The highest BCUT2D eigenvalue weighted by molar-refractivity contribution is 5.70. The first-order valence-corrected chi connectivity index (χ1v) is 11.7. The van der Waals surface area contributed by atoms with Gasteiger partial charge in [-0.25, -0.2) is 0 Å². The van der Waals surface area contributed by atoms with Gasteiger partial charge in [-0.1, -0.05) is 42.5 Å². The quantitative estimate of drug-likeness (QED) is 0.434. The monoisotopic (exact) mass is 435 g/mol. The Kier molecular flexibility index (Phi) is 7.59. The van der Waals surface area contributed by atoms with Gasteiger partial charge < -0.3 is 14.3 Å². The number of likely N-dealkylation sites (tertiary alicyclic amines) is 1. The summed E-state index contributed by atoms with van der Waals surface area (Å²) in [5, 5.41) is 0. The maximum absolute atomic E-state index is 12.4. The minimum atomic E-state index is -0.183. The molecule has 1 heterocycles. The Morgan fingerprint density at radius 1 is 1.06 bits per heavy atom. The summed E-state index contributed by atoms with van der Waals surface area (Å²) in [5.74, 6) is 0.788. The second-order valence-corrected chi connectivity index (χ2v) is 9.07. The molecule has 2 unspecified atom stereocenters. The molecule has 0 aromatic heterocycles. The number of rotatable bonds is 8. The van der Waals surface area contributed by atoms with E-state index < -0.39 is 0 Å². The van der Waals surface area contributed by atoms with Gasteiger partial charge >= 0.3 is 5.97 Å². The maximum atomic E-state index is 12.4. The van der Waals surface area contributed by atoms with Crippen LogP contribution in [0.25, 0.3) is 0 Å². The minimum Gasteiger partial charge on any atom is -0.497 e. The van der Waals surface area contributed by atoms with Crippen molar-refractivity contribution in [1.82, 2.24) is 4.90 Å². The molecule has 0 radical (unpaired) electrons. The second-order valence-electron chi connectivity index (χ2n) is 9.07. The number of methoxy groups -OCH3 is 1. The van der Waals surface area contributed by atoms with Crippen molar-refractivity contribution in [2.75, 3.05) is 13.7 Å². The molecule has 0 amide bonds. The molecule has 1 aliphatic heterocycles. The van der Waals surface area contributed by atoms with E-state index in [9.17, 15) is 9.59 Å². The molecule has 5 nitrogen and oxygen atoms in total. The number of hydrogen-bond acceptors (Lipinski definition) is 5. The molecule has 2 aromatic rings. The van der Waals surface area contributed by atoms with Crippen molar-refractivity contribution in [2.24, 2.45) is 11.8 Å². The molecular weight excluding hydrogens is 402 g/mol. The molecule has 4 atom stereocenters. The lowest BCUT2D eigenvalue weighted by molar-refractivity contribution is -0.147. The van der Waals surface area contributed by atoms with Crippen LogP contribution in [-0.2, 0) is 20.9 Å². The van der Waals surface area contributed by atoms with Gasteiger partial charge in [-0.3, -0.25) is 9.69 Å². The van der Waals surface area contributed by atoms with E-state index in [4.69, 9.17) is 9.47 Å². The molecule has 170 valence electrons. The second kappa shape index (κ2) is 10.8. The highest BCUT2D eigenvalue weighted by atomic mass is 16.5. The summed E-state index contributed by atoms with van der Waals surface area (Å²) in [5.41, 5.74) is 2.29. The Morgan fingerprint density at radius 3 is 2.56 bits per heavy atom. The number of carbonyl (C=O) groups is 2. The number of esters is 1. The van der Waals surface area contributed by atoms with E-state index in [-0.39, 0.29) is 30.5 Å². The summed E-state index contributed by atoms with van der Waals surface area (Å²) in [4.78, 5) is 27.0. The van der Waals surface area contributed by atoms with Gasteiger partial charge in [0.1, 0.15) is 18.6 Å². The topological polar surface area (TPSA) is 55.8 Å². The molecule has 1 saturated heterocycles. The molecule has 1 saturated carbocycles. The van der Waals surface area contributed by atoms with Gasteiger partial charge in [0.25, 0.3) is 0 Å². The molecule has 5 heteroatoms. The molecule has 1 aliphatic carbocycles. The average Bonchev–Trinajstić information content (AvgIpc) is 3.33. The predicted molar refractivity (Wildman–Crippen MR) is 123 cm³/mol. The number of carbonyl (C=O) groups excluding carboxylic acids is 2. The molecule has 2 aromatic carbocycles. The third-order valence-corrected chi connectivity index (χ3v) is 7.06. The fraction of sp³-hybridized carbons (Fsp3) is 0.481. The Morgan fingerprint density at radius 2 is 1.84 bits per heavy atom. The average molecular weight is 436 g/mol. The van der Waals surface area contributed by atoms with Gasteiger partial charge in [0.2, 0.25) is 0 Å².